The predicted octanol–water partition coefficient (Wildman–Crippen LogP) is 17.1. The lowest BCUT2D eigenvalue weighted by atomic mass is 9.99. The lowest BCUT2D eigenvalue weighted by molar-refractivity contribution is -0.167. The van der Waals surface area contributed by atoms with Crippen LogP contribution in [0.2, 0.25) is 0 Å². The highest BCUT2D eigenvalue weighted by Gasteiger charge is 2.19. The minimum absolute atomic E-state index is 0.0628. The van der Waals surface area contributed by atoms with Gasteiger partial charge in [-0.15, -0.1) is 0 Å². The van der Waals surface area contributed by atoms with Crippen molar-refractivity contribution in [2.75, 3.05) is 13.2 Å². The average molecular weight is 835 g/mol. The topological polar surface area (TPSA) is 78.9 Å². The molecule has 0 aliphatic carbocycles. The van der Waals surface area contributed by atoms with E-state index in [1.807, 2.05) is 0 Å². The Labute approximate surface area is 368 Å². The zero-order chi connectivity index (χ0) is 43.1. The van der Waals surface area contributed by atoms with Gasteiger partial charge in [0, 0.05) is 19.3 Å². The number of hydrogen-bond acceptors (Lipinski definition) is 6. The quantitative estimate of drug-likeness (QED) is 0.0345. The SMILES string of the molecule is CCCCCCCCCCCCCCCCCCCC(=O)OC[C@H](COC(=O)CCCCCCCCCCCC)OC(=O)CCCCCCCCCCCCC(C)CC. The molecule has 2 atom stereocenters. The van der Waals surface area contributed by atoms with Crippen LogP contribution in [0.5, 0.6) is 0 Å². The van der Waals surface area contributed by atoms with E-state index in [9.17, 15) is 14.4 Å². The Kier molecular flexibility index (Phi) is 46.2. The van der Waals surface area contributed by atoms with E-state index in [0.29, 0.717) is 19.3 Å². The number of rotatable bonds is 48. The van der Waals surface area contributed by atoms with Crippen LogP contribution in [0.4, 0.5) is 0 Å². The van der Waals surface area contributed by atoms with Crippen molar-refractivity contribution in [1.29, 1.82) is 0 Å². The molecule has 1 unspecified atom stereocenters. The van der Waals surface area contributed by atoms with Gasteiger partial charge in [-0.2, -0.15) is 0 Å². The second-order valence-corrected chi connectivity index (χ2v) is 18.4. The molecular formula is C53H102O6. The zero-order valence-corrected chi connectivity index (χ0v) is 40.2. The van der Waals surface area contributed by atoms with Gasteiger partial charge in [-0.3, -0.25) is 14.4 Å². The Balaban J connectivity index is 4.27. The maximum atomic E-state index is 12.8. The van der Waals surface area contributed by atoms with E-state index < -0.39 is 6.10 Å². The highest BCUT2D eigenvalue weighted by molar-refractivity contribution is 5.71. The van der Waals surface area contributed by atoms with Crippen LogP contribution < -0.4 is 0 Å². The van der Waals surface area contributed by atoms with Crippen LogP contribution in [0, 0.1) is 5.92 Å². The molecule has 0 heterocycles. The van der Waals surface area contributed by atoms with Crippen LogP contribution in [0.25, 0.3) is 0 Å². The molecule has 0 spiro atoms. The average Bonchev–Trinajstić information content (AvgIpc) is 3.23. The number of carbonyl (C=O) groups excluding carboxylic acids is 3. The summed E-state index contributed by atoms with van der Waals surface area (Å²) in [7, 11) is 0. The molecule has 0 fully saturated rings. The predicted molar refractivity (Wildman–Crippen MR) is 252 cm³/mol. The van der Waals surface area contributed by atoms with Gasteiger partial charge in [0.25, 0.3) is 0 Å². The summed E-state index contributed by atoms with van der Waals surface area (Å²) in [5, 5.41) is 0. The molecule has 6 nitrogen and oxygen atoms in total. The molecule has 0 saturated heterocycles. The van der Waals surface area contributed by atoms with Crippen LogP contribution in [0.3, 0.4) is 0 Å². The van der Waals surface area contributed by atoms with Gasteiger partial charge in [-0.1, -0.05) is 259 Å². The maximum absolute atomic E-state index is 12.8. The third-order valence-corrected chi connectivity index (χ3v) is 12.4. The Morgan fingerprint density at radius 3 is 0.881 bits per heavy atom. The third-order valence-electron chi connectivity index (χ3n) is 12.4. The van der Waals surface area contributed by atoms with Gasteiger partial charge in [0.15, 0.2) is 6.10 Å². The molecule has 0 aromatic rings. The van der Waals surface area contributed by atoms with Crippen molar-refractivity contribution in [2.24, 2.45) is 5.92 Å². The highest BCUT2D eigenvalue weighted by Crippen LogP contribution is 2.18. The summed E-state index contributed by atoms with van der Waals surface area (Å²) in [5.74, 6) is 0.0224. The van der Waals surface area contributed by atoms with Crippen LogP contribution in [0.15, 0.2) is 0 Å². The van der Waals surface area contributed by atoms with E-state index in [2.05, 4.69) is 27.7 Å². The van der Waals surface area contributed by atoms with E-state index >= 15 is 0 Å². The number of hydrogen-bond donors (Lipinski definition) is 0. The van der Waals surface area contributed by atoms with E-state index in [0.717, 1.165) is 63.7 Å². The summed E-state index contributed by atoms with van der Waals surface area (Å²) in [6.45, 7) is 9.04. The smallest absolute Gasteiger partial charge is 0.306 e. The molecule has 350 valence electrons. The molecule has 0 aliphatic heterocycles. The number of ether oxygens (including phenoxy) is 3. The summed E-state index contributed by atoms with van der Waals surface area (Å²) in [6.07, 6.45) is 49.4. The summed E-state index contributed by atoms with van der Waals surface area (Å²) >= 11 is 0. The van der Waals surface area contributed by atoms with Gasteiger partial charge in [-0.25, -0.2) is 0 Å². The summed E-state index contributed by atoms with van der Waals surface area (Å²) in [4.78, 5) is 37.9. The zero-order valence-electron chi connectivity index (χ0n) is 40.2. The standard InChI is InChI=1S/C53H102O6/c1-5-8-10-12-14-16-18-19-20-21-22-23-24-29-33-37-41-45-52(55)58-48-50(47-57-51(54)44-40-36-32-28-17-15-13-11-9-6-2)59-53(56)46-42-38-34-30-26-25-27-31-35-39-43-49(4)7-3/h49-50H,5-48H2,1-4H3/t49?,50-/m0/s1. The van der Waals surface area contributed by atoms with Gasteiger partial charge in [0.05, 0.1) is 0 Å². The fourth-order valence-corrected chi connectivity index (χ4v) is 8.01. The Bertz CT molecular complexity index is 889. The van der Waals surface area contributed by atoms with E-state index in [1.54, 1.807) is 0 Å². The number of carbonyl (C=O) groups is 3. The minimum Gasteiger partial charge on any atom is -0.462 e. The molecule has 0 saturated carbocycles. The van der Waals surface area contributed by atoms with Gasteiger partial charge in [0.2, 0.25) is 0 Å². The van der Waals surface area contributed by atoms with Crippen molar-refractivity contribution >= 4 is 17.9 Å². The molecule has 0 amide bonds. The first-order valence-corrected chi connectivity index (χ1v) is 26.4. The monoisotopic (exact) mass is 835 g/mol. The van der Waals surface area contributed by atoms with Crippen LogP contribution in [0.1, 0.15) is 297 Å². The second-order valence-electron chi connectivity index (χ2n) is 18.4. The highest BCUT2D eigenvalue weighted by atomic mass is 16.6. The maximum Gasteiger partial charge on any atom is 0.306 e. The molecule has 6 heteroatoms. The van der Waals surface area contributed by atoms with Crippen LogP contribution in [-0.2, 0) is 28.6 Å². The van der Waals surface area contributed by atoms with Crippen molar-refractivity contribution in [3.8, 4) is 0 Å². The molecule has 0 N–H and O–H groups in total. The summed E-state index contributed by atoms with van der Waals surface area (Å²) in [6, 6.07) is 0. The molecule has 0 rings (SSSR count). The molecule has 0 aliphatic rings. The van der Waals surface area contributed by atoms with Crippen LogP contribution >= 0.6 is 0 Å². The van der Waals surface area contributed by atoms with E-state index in [1.165, 1.54) is 193 Å². The molecule has 0 aromatic heterocycles. The third kappa shape index (κ3) is 45.8. The van der Waals surface area contributed by atoms with E-state index in [4.69, 9.17) is 14.2 Å². The fourth-order valence-electron chi connectivity index (χ4n) is 8.01. The first kappa shape index (κ1) is 57.4. The summed E-state index contributed by atoms with van der Waals surface area (Å²) < 4.78 is 16.8. The van der Waals surface area contributed by atoms with Crippen molar-refractivity contribution in [3.05, 3.63) is 0 Å². The first-order chi connectivity index (χ1) is 28.9. The van der Waals surface area contributed by atoms with Crippen molar-refractivity contribution in [2.45, 2.75) is 303 Å². The Hall–Kier alpha value is -1.59. The van der Waals surface area contributed by atoms with Crippen molar-refractivity contribution in [3.63, 3.8) is 0 Å². The molecule has 0 radical (unpaired) electrons. The van der Waals surface area contributed by atoms with Gasteiger partial charge in [-0.05, 0) is 25.2 Å². The fraction of sp³-hybridized carbons (Fsp3) is 0.943. The Morgan fingerprint density at radius 2 is 0.593 bits per heavy atom. The first-order valence-electron chi connectivity index (χ1n) is 26.4. The Morgan fingerprint density at radius 1 is 0.339 bits per heavy atom. The number of unbranched alkanes of at least 4 members (excludes halogenated alkanes) is 34. The van der Waals surface area contributed by atoms with Gasteiger partial charge >= 0.3 is 17.9 Å². The summed E-state index contributed by atoms with van der Waals surface area (Å²) in [5.41, 5.74) is 0. The number of esters is 3. The van der Waals surface area contributed by atoms with E-state index in [-0.39, 0.29) is 31.1 Å². The molecular weight excluding hydrogens is 733 g/mol. The largest absolute Gasteiger partial charge is 0.462 e. The molecule has 59 heavy (non-hydrogen) atoms. The normalized spacial score (nSPS) is 12.4. The van der Waals surface area contributed by atoms with Gasteiger partial charge in [0.1, 0.15) is 13.2 Å². The van der Waals surface area contributed by atoms with Crippen molar-refractivity contribution < 1.29 is 28.6 Å². The second kappa shape index (κ2) is 47.5. The molecule has 0 aromatic carbocycles. The van der Waals surface area contributed by atoms with Crippen molar-refractivity contribution in [1.82, 2.24) is 0 Å². The minimum atomic E-state index is -0.760. The lowest BCUT2D eigenvalue weighted by Crippen LogP contribution is -2.30. The van der Waals surface area contributed by atoms with Crippen LogP contribution in [-0.4, -0.2) is 37.2 Å². The van der Waals surface area contributed by atoms with Gasteiger partial charge < -0.3 is 14.2 Å². The lowest BCUT2D eigenvalue weighted by Gasteiger charge is -2.18. The molecule has 0 bridgehead atoms.